The Kier molecular flexibility index (Phi) is 8.46. The van der Waals surface area contributed by atoms with Crippen molar-refractivity contribution in [1.29, 1.82) is 0 Å². The lowest BCUT2D eigenvalue weighted by molar-refractivity contribution is -0.159. The quantitative estimate of drug-likeness (QED) is 0.266. The first-order valence-electron chi connectivity index (χ1n) is 15.1. The summed E-state index contributed by atoms with van der Waals surface area (Å²) in [5, 5.41) is 9.11. The summed E-state index contributed by atoms with van der Waals surface area (Å²) < 4.78 is 5.86. The van der Waals surface area contributed by atoms with Crippen molar-refractivity contribution in [3.63, 3.8) is 0 Å². The second kappa shape index (κ2) is 10.9. The lowest BCUT2D eigenvalue weighted by Gasteiger charge is -2.61. The van der Waals surface area contributed by atoms with Crippen LogP contribution >= 0.6 is 0 Å². The van der Waals surface area contributed by atoms with Gasteiger partial charge in [-0.2, -0.15) is 0 Å². The van der Waals surface area contributed by atoms with Gasteiger partial charge in [-0.25, -0.2) is 4.79 Å². The van der Waals surface area contributed by atoms with E-state index in [0.29, 0.717) is 28.7 Å². The monoisotopic (exact) mass is 486 g/mol. The molecule has 0 aromatic carbocycles. The molecule has 3 heteroatoms. The van der Waals surface area contributed by atoms with Crippen LogP contribution in [0.2, 0.25) is 0 Å². The summed E-state index contributed by atoms with van der Waals surface area (Å²) in [7, 11) is 0. The van der Waals surface area contributed by atoms with Gasteiger partial charge in [-0.15, -0.1) is 0 Å². The Bertz CT molecular complexity index is 758. The zero-order chi connectivity index (χ0) is 25.4. The van der Waals surface area contributed by atoms with Gasteiger partial charge in [-0.1, -0.05) is 60.5 Å². The Balaban J connectivity index is 1.38. The second-order valence-corrected chi connectivity index (χ2v) is 14.1. The molecule has 0 aromatic heterocycles. The molecule has 0 radical (unpaired) electrons. The van der Waals surface area contributed by atoms with Crippen molar-refractivity contribution in [2.45, 2.75) is 124 Å². The first kappa shape index (κ1) is 27.2. The maximum atomic E-state index is 12.4. The molecule has 9 atom stereocenters. The number of aliphatic hydroxyl groups excluding tert-OH is 1. The van der Waals surface area contributed by atoms with Gasteiger partial charge < -0.3 is 9.84 Å². The Hall–Kier alpha value is -0.830. The number of ether oxygens (including phenoxy) is 1. The van der Waals surface area contributed by atoms with Gasteiger partial charge in [0.05, 0.1) is 0 Å². The highest BCUT2D eigenvalue weighted by Gasteiger charge is 2.60. The van der Waals surface area contributed by atoms with Crippen LogP contribution in [0.3, 0.4) is 0 Å². The molecule has 0 saturated heterocycles. The number of esters is 1. The molecule has 0 heterocycles. The molecule has 4 aliphatic carbocycles. The smallest absolute Gasteiger partial charge is 0.333 e. The fraction of sp³-hybridized carbons (Fsp3) is 0.906. The lowest BCUT2D eigenvalue weighted by Crippen LogP contribution is -2.54. The zero-order valence-corrected chi connectivity index (χ0v) is 23.5. The van der Waals surface area contributed by atoms with Crippen LogP contribution in [0.5, 0.6) is 0 Å². The number of carbonyl (C=O) groups excluding carboxylic acids is 1. The first-order valence-corrected chi connectivity index (χ1v) is 15.1. The number of hydrogen-bond acceptors (Lipinski definition) is 3. The third kappa shape index (κ3) is 5.27. The summed E-state index contributed by atoms with van der Waals surface area (Å²) in [6.07, 6.45) is 16.2. The summed E-state index contributed by atoms with van der Waals surface area (Å²) in [6, 6.07) is 0. The van der Waals surface area contributed by atoms with E-state index in [1.165, 1.54) is 64.2 Å². The molecule has 4 rings (SSSR count). The molecule has 4 saturated carbocycles. The standard InChI is InChI=1S/C32H54O3/c1-21(2)8-7-9-22(3)27-12-13-28-26-11-10-24-20-25(35-30(34)23(4)16-19-33)14-17-31(24,5)29(26)15-18-32(27,28)6/h21-22,24-29,33H,4,7-20H2,1-3,5-6H3/t22-,24+,25+,26+,27?,28+,29+,31+,32-/m1/s1. The highest BCUT2D eigenvalue weighted by molar-refractivity contribution is 5.87. The van der Waals surface area contributed by atoms with E-state index >= 15 is 0 Å². The van der Waals surface area contributed by atoms with E-state index in [-0.39, 0.29) is 18.7 Å². The molecule has 0 amide bonds. The van der Waals surface area contributed by atoms with Crippen molar-refractivity contribution >= 4 is 5.97 Å². The van der Waals surface area contributed by atoms with Crippen molar-refractivity contribution in [3.05, 3.63) is 12.2 Å². The molecule has 1 N–H and O–H groups in total. The SMILES string of the molecule is C=C(CCO)C(=O)O[C@H]1CC[C@@]2(C)[C@@H](CC[C@@H]3[C@@H]2CC[C@]2(C)C([C@H](C)CCCC(C)C)CC[C@@H]32)C1. The predicted molar refractivity (Wildman–Crippen MR) is 144 cm³/mol. The maximum Gasteiger partial charge on any atom is 0.333 e. The largest absolute Gasteiger partial charge is 0.459 e. The molecule has 35 heavy (non-hydrogen) atoms. The maximum absolute atomic E-state index is 12.4. The van der Waals surface area contributed by atoms with Gasteiger partial charge >= 0.3 is 5.97 Å². The Labute approximate surface area is 215 Å². The lowest BCUT2D eigenvalue weighted by atomic mass is 9.44. The average molecular weight is 487 g/mol. The first-order chi connectivity index (χ1) is 16.6. The number of rotatable bonds is 9. The predicted octanol–water partition coefficient (Wildman–Crippen LogP) is 7.96. The van der Waals surface area contributed by atoms with Gasteiger partial charge in [0.2, 0.25) is 0 Å². The third-order valence-electron chi connectivity index (χ3n) is 11.8. The molecule has 0 spiro atoms. The van der Waals surface area contributed by atoms with Crippen molar-refractivity contribution in [3.8, 4) is 0 Å². The minimum Gasteiger partial charge on any atom is -0.459 e. The fourth-order valence-corrected chi connectivity index (χ4v) is 9.82. The molecule has 0 aromatic rings. The third-order valence-corrected chi connectivity index (χ3v) is 11.8. The summed E-state index contributed by atoms with van der Waals surface area (Å²) in [5.41, 5.74) is 1.38. The van der Waals surface area contributed by atoms with E-state index in [4.69, 9.17) is 9.84 Å². The minimum absolute atomic E-state index is 0.0315. The highest BCUT2D eigenvalue weighted by atomic mass is 16.5. The van der Waals surface area contributed by atoms with Gasteiger partial charge in [0.25, 0.3) is 0 Å². The molecule has 0 aliphatic heterocycles. The molecule has 1 unspecified atom stereocenters. The van der Waals surface area contributed by atoms with Crippen LogP contribution in [-0.4, -0.2) is 23.8 Å². The molecular formula is C32H54O3. The van der Waals surface area contributed by atoms with Crippen LogP contribution in [0.1, 0.15) is 118 Å². The van der Waals surface area contributed by atoms with Gasteiger partial charge in [0.15, 0.2) is 0 Å². The molecular weight excluding hydrogens is 432 g/mol. The number of hydrogen-bond donors (Lipinski definition) is 1. The van der Waals surface area contributed by atoms with Crippen LogP contribution in [0, 0.1) is 52.3 Å². The van der Waals surface area contributed by atoms with Crippen LogP contribution in [0.25, 0.3) is 0 Å². The molecule has 3 nitrogen and oxygen atoms in total. The van der Waals surface area contributed by atoms with Crippen molar-refractivity contribution in [2.24, 2.45) is 52.3 Å². The highest BCUT2D eigenvalue weighted by Crippen LogP contribution is 2.68. The Morgan fingerprint density at radius 2 is 1.69 bits per heavy atom. The van der Waals surface area contributed by atoms with E-state index in [2.05, 4.69) is 41.2 Å². The Morgan fingerprint density at radius 3 is 2.40 bits per heavy atom. The molecule has 200 valence electrons. The van der Waals surface area contributed by atoms with Gasteiger partial charge in [-0.3, -0.25) is 0 Å². The Morgan fingerprint density at radius 1 is 0.971 bits per heavy atom. The number of aliphatic hydroxyl groups is 1. The summed E-state index contributed by atoms with van der Waals surface area (Å²) in [5.74, 6) is 5.70. The summed E-state index contributed by atoms with van der Waals surface area (Å²) in [4.78, 5) is 12.4. The van der Waals surface area contributed by atoms with E-state index < -0.39 is 0 Å². The van der Waals surface area contributed by atoms with Gasteiger partial charge in [0, 0.05) is 18.6 Å². The van der Waals surface area contributed by atoms with Crippen molar-refractivity contribution < 1.29 is 14.6 Å². The van der Waals surface area contributed by atoms with Gasteiger partial charge in [0.1, 0.15) is 6.10 Å². The normalized spacial score (nSPS) is 41.6. The number of fused-ring (bicyclic) bond motifs is 5. The second-order valence-electron chi connectivity index (χ2n) is 14.1. The van der Waals surface area contributed by atoms with Crippen LogP contribution in [0.4, 0.5) is 0 Å². The number of carbonyl (C=O) groups is 1. The van der Waals surface area contributed by atoms with Crippen molar-refractivity contribution in [1.82, 2.24) is 0 Å². The van der Waals surface area contributed by atoms with E-state index in [9.17, 15) is 4.79 Å². The molecule has 0 bridgehead atoms. The van der Waals surface area contributed by atoms with E-state index in [1.807, 2.05) is 0 Å². The summed E-state index contributed by atoms with van der Waals surface area (Å²) in [6.45, 7) is 16.3. The zero-order valence-electron chi connectivity index (χ0n) is 23.5. The summed E-state index contributed by atoms with van der Waals surface area (Å²) >= 11 is 0. The molecule has 4 fully saturated rings. The van der Waals surface area contributed by atoms with Crippen LogP contribution in [-0.2, 0) is 9.53 Å². The minimum atomic E-state index is -0.297. The molecule has 4 aliphatic rings. The van der Waals surface area contributed by atoms with E-state index in [0.717, 1.165) is 48.3 Å². The van der Waals surface area contributed by atoms with Crippen LogP contribution in [0.15, 0.2) is 12.2 Å². The van der Waals surface area contributed by atoms with Gasteiger partial charge in [-0.05, 0) is 110 Å². The average Bonchev–Trinajstić information content (AvgIpc) is 3.16. The van der Waals surface area contributed by atoms with E-state index in [1.54, 1.807) is 0 Å². The van der Waals surface area contributed by atoms with Crippen molar-refractivity contribution in [2.75, 3.05) is 6.61 Å². The topological polar surface area (TPSA) is 46.5 Å². The fourth-order valence-electron chi connectivity index (χ4n) is 9.82. The van der Waals surface area contributed by atoms with Crippen LogP contribution < -0.4 is 0 Å².